The molecule has 0 fully saturated rings. The van der Waals surface area contributed by atoms with Gasteiger partial charge < -0.3 is 15.7 Å². The first-order valence-electron chi connectivity index (χ1n) is 6.90. The fraction of sp³-hybridized carbons (Fsp3) is 0.625. The molecule has 114 valence electrons. The Hall–Kier alpha value is -1.10. The SMILES string of the molecule is CC(C)(C)c1cc(OO)cc(C(C)(C)C)c1C(O)CN. The summed E-state index contributed by atoms with van der Waals surface area (Å²) < 4.78 is 0. The lowest BCUT2D eigenvalue weighted by Crippen LogP contribution is -2.26. The predicted octanol–water partition coefficient (Wildman–Crippen LogP) is 3.13. The third kappa shape index (κ3) is 3.51. The Labute approximate surface area is 121 Å². The van der Waals surface area contributed by atoms with Crippen molar-refractivity contribution in [3.63, 3.8) is 0 Å². The summed E-state index contributed by atoms with van der Waals surface area (Å²) in [5.41, 5.74) is 7.99. The van der Waals surface area contributed by atoms with Crippen LogP contribution in [0.3, 0.4) is 0 Å². The van der Waals surface area contributed by atoms with Crippen LogP contribution in [0.15, 0.2) is 12.1 Å². The van der Waals surface area contributed by atoms with Gasteiger partial charge in [-0.25, -0.2) is 5.26 Å². The summed E-state index contributed by atoms with van der Waals surface area (Å²) in [5.74, 6) is 0.382. The molecule has 4 heteroatoms. The van der Waals surface area contributed by atoms with Gasteiger partial charge in [0, 0.05) is 6.54 Å². The molecular weight excluding hydrogens is 254 g/mol. The molecule has 0 radical (unpaired) electrons. The van der Waals surface area contributed by atoms with Gasteiger partial charge in [0.25, 0.3) is 0 Å². The maximum atomic E-state index is 10.4. The molecule has 0 aliphatic rings. The Bertz CT molecular complexity index is 435. The van der Waals surface area contributed by atoms with E-state index >= 15 is 0 Å². The minimum Gasteiger partial charge on any atom is -0.387 e. The third-order valence-electron chi connectivity index (χ3n) is 3.43. The molecule has 0 bridgehead atoms. The lowest BCUT2D eigenvalue weighted by atomic mass is 9.74. The number of hydrogen-bond donors (Lipinski definition) is 3. The van der Waals surface area contributed by atoms with Crippen molar-refractivity contribution in [1.29, 1.82) is 0 Å². The zero-order valence-electron chi connectivity index (χ0n) is 13.3. The van der Waals surface area contributed by atoms with E-state index in [9.17, 15) is 5.11 Å². The standard InChI is InChI=1S/C16H27NO3/c1-15(2,3)11-7-10(20-19)8-12(16(4,5)6)14(11)13(18)9-17/h7-8,13,18-19H,9,17H2,1-6H3. The monoisotopic (exact) mass is 281 g/mol. The number of nitrogens with two attached hydrogens (primary N) is 1. The third-order valence-corrected chi connectivity index (χ3v) is 3.43. The van der Waals surface area contributed by atoms with Gasteiger partial charge in [-0.3, -0.25) is 0 Å². The van der Waals surface area contributed by atoms with Crippen molar-refractivity contribution in [3.05, 3.63) is 28.8 Å². The van der Waals surface area contributed by atoms with Crippen LogP contribution >= 0.6 is 0 Å². The fourth-order valence-electron chi connectivity index (χ4n) is 2.40. The van der Waals surface area contributed by atoms with E-state index in [1.54, 1.807) is 12.1 Å². The van der Waals surface area contributed by atoms with Crippen molar-refractivity contribution in [2.45, 2.75) is 58.5 Å². The number of hydrogen-bond acceptors (Lipinski definition) is 4. The lowest BCUT2D eigenvalue weighted by Gasteiger charge is -2.32. The van der Waals surface area contributed by atoms with Crippen LogP contribution in [-0.2, 0) is 10.8 Å². The molecule has 20 heavy (non-hydrogen) atoms. The van der Waals surface area contributed by atoms with E-state index in [4.69, 9.17) is 11.0 Å². The Balaban J connectivity index is 3.72. The van der Waals surface area contributed by atoms with Crippen molar-refractivity contribution >= 4 is 0 Å². The first-order chi connectivity index (χ1) is 9.02. The van der Waals surface area contributed by atoms with Crippen LogP contribution in [0, 0.1) is 0 Å². The van der Waals surface area contributed by atoms with Crippen LogP contribution in [-0.4, -0.2) is 16.9 Å². The molecule has 1 aromatic rings. The lowest BCUT2D eigenvalue weighted by molar-refractivity contribution is -0.137. The Kier molecular flexibility index (Phi) is 4.85. The van der Waals surface area contributed by atoms with Crippen molar-refractivity contribution < 1.29 is 15.3 Å². The molecular formula is C16H27NO3. The van der Waals surface area contributed by atoms with Crippen LogP contribution in [0.2, 0.25) is 0 Å². The van der Waals surface area contributed by atoms with Crippen LogP contribution in [0.4, 0.5) is 0 Å². The van der Waals surface area contributed by atoms with Crippen molar-refractivity contribution in [1.82, 2.24) is 0 Å². The smallest absolute Gasteiger partial charge is 0.165 e. The zero-order chi connectivity index (χ0) is 15.7. The average Bonchev–Trinajstić information content (AvgIpc) is 2.34. The minimum absolute atomic E-state index is 0.158. The summed E-state index contributed by atoms with van der Waals surface area (Å²) in [7, 11) is 0. The molecule has 0 saturated heterocycles. The van der Waals surface area contributed by atoms with Crippen molar-refractivity contribution in [2.75, 3.05) is 6.54 Å². The highest BCUT2D eigenvalue weighted by Crippen LogP contribution is 2.40. The highest BCUT2D eigenvalue weighted by atomic mass is 17.1. The highest BCUT2D eigenvalue weighted by Gasteiger charge is 2.29. The Morgan fingerprint density at radius 1 is 1.05 bits per heavy atom. The summed E-state index contributed by atoms with van der Waals surface area (Å²) >= 11 is 0. The van der Waals surface area contributed by atoms with Crippen molar-refractivity contribution in [3.8, 4) is 5.75 Å². The number of rotatable bonds is 3. The molecule has 1 unspecified atom stereocenters. The van der Waals surface area contributed by atoms with Crippen LogP contribution in [0.5, 0.6) is 5.75 Å². The van der Waals surface area contributed by atoms with E-state index < -0.39 is 6.10 Å². The Morgan fingerprint density at radius 3 is 1.70 bits per heavy atom. The average molecular weight is 281 g/mol. The largest absolute Gasteiger partial charge is 0.387 e. The molecule has 4 nitrogen and oxygen atoms in total. The zero-order valence-corrected chi connectivity index (χ0v) is 13.3. The molecule has 1 atom stereocenters. The van der Waals surface area contributed by atoms with Crippen molar-refractivity contribution in [2.24, 2.45) is 5.73 Å². The topological polar surface area (TPSA) is 75.7 Å². The summed E-state index contributed by atoms with van der Waals surface area (Å²) in [6.45, 7) is 12.5. The fourth-order valence-corrected chi connectivity index (χ4v) is 2.40. The molecule has 0 heterocycles. The first-order valence-corrected chi connectivity index (χ1v) is 6.90. The van der Waals surface area contributed by atoms with Crippen LogP contribution in [0.25, 0.3) is 0 Å². The maximum Gasteiger partial charge on any atom is 0.165 e. The quantitative estimate of drug-likeness (QED) is 0.587. The van der Waals surface area contributed by atoms with E-state index in [2.05, 4.69) is 46.4 Å². The molecule has 4 N–H and O–H groups in total. The van der Waals surface area contributed by atoms with E-state index in [1.165, 1.54) is 0 Å². The second-order valence-corrected chi connectivity index (χ2v) is 7.27. The summed E-state index contributed by atoms with van der Waals surface area (Å²) in [4.78, 5) is 4.44. The maximum absolute atomic E-state index is 10.4. The molecule has 0 aliphatic heterocycles. The van der Waals surface area contributed by atoms with Gasteiger partial charge >= 0.3 is 0 Å². The molecule has 1 rings (SSSR count). The number of benzene rings is 1. The van der Waals surface area contributed by atoms with Gasteiger partial charge in [0.1, 0.15) is 0 Å². The Morgan fingerprint density at radius 2 is 1.45 bits per heavy atom. The minimum atomic E-state index is -0.730. The van der Waals surface area contributed by atoms with Crippen LogP contribution in [0.1, 0.15) is 64.3 Å². The molecule has 1 aromatic carbocycles. The second kappa shape index (κ2) is 5.72. The molecule has 0 amide bonds. The molecule has 0 spiro atoms. The number of aliphatic hydroxyl groups is 1. The van der Waals surface area contributed by atoms with Gasteiger partial charge in [-0.15, -0.1) is 0 Å². The predicted molar refractivity (Wildman–Crippen MR) is 81.1 cm³/mol. The molecule has 0 aromatic heterocycles. The molecule has 0 saturated carbocycles. The molecule has 0 aliphatic carbocycles. The normalized spacial score (nSPS) is 14.2. The van der Waals surface area contributed by atoms with Gasteiger partial charge in [0.05, 0.1) is 6.10 Å². The van der Waals surface area contributed by atoms with Gasteiger partial charge in [0.15, 0.2) is 5.75 Å². The van der Waals surface area contributed by atoms with E-state index in [-0.39, 0.29) is 17.4 Å². The first kappa shape index (κ1) is 17.0. The van der Waals surface area contributed by atoms with Crippen LogP contribution < -0.4 is 10.6 Å². The van der Waals surface area contributed by atoms with E-state index in [0.717, 1.165) is 16.7 Å². The van der Waals surface area contributed by atoms with E-state index in [1.807, 2.05) is 0 Å². The van der Waals surface area contributed by atoms with Gasteiger partial charge in [0.2, 0.25) is 0 Å². The van der Waals surface area contributed by atoms with E-state index in [0.29, 0.717) is 5.75 Å². The second-order valence-electron chi connectivity index (χ2n) is 7.27. The summed E-state index contributed by atoms with van der Waals surface area (Å²) in [6.07, 6.45) is -0.730. The summed E-state index contributed by atoms with van der Waals surface area (Å²) in [6, 6.07) is 3.53. The number of aliphatic hydroxyl groups excluding tert-OH is 1. The van der Waals surface area contributed by atoms with Gasteiger partial charge in [-0.05, 0) is 39.7 Å². The summed E-state index contributed by atoms with van der Waals surface area (Å²) in [5, 5.41) is 19.4. The van der Waals surface area contributed by atoms with Gasteiger partial charge in [-0.1, -0.05) is 41.5 Å². The van der Waals surface area contributed by atoms with Gasteiger partial charge in [-0.2, -0.15) is 0 Å². The highest BCUT2D eigenvalue weighted by molar-refractivity contribution is 5.49.